The molecule has 172 valence electrons. The highest BCUT2D eigenvalue weighted by atomic mass is 32.2. The number of thioether (sulfide) groups is 1. The summed E-state index contributed by atoms with van der Waals surface area (Å²) in [6.45, 7) is 4.71. The number of morpholine rings is 1. The Morgan fingerprint density at radius 3 is 2.48 bits per heavy atom. The van der Waals surface area contributed by atoms with Crippen molar-refractivity contribution in [2.75, 3.05) is 41.8 Å². The monoisotopic (exact) mass is 471 g/mol. The summed E-state index contributed by atoms with van der Waals surface area (Å²) in [6.07, 6.45) is 0. The van der Waals surface area contributed by atoms with E-state index in [1.807, 2.05) is 13.0 Å². The van der Waals surface area contributed by atoms with E-state index in [1.54, 1.807) is 36.4 Å². The zero-order chi connectivity index (χ0) is 23.2. The van der Waals surface area contributed by atoms with Gasteiger partial charge in [0.25, 0.3) is 11.7 Å². The Morgan fingerprint density at radius 1 is 1.06 bits per heavy atom. The van der Waals surface area contributed by atoms with E-state index in [1.165, 1.54) is 12.1 Å². The van der Waals surface area contributed by atoms with E-state index in [4.69, 9.17) is 4.74 Å². The number of aromatic nitrogens is 2. The number of halogens is 2. The number of hydrogen-bond acceptors (Lipinski definition) is 7. The minimum Gasteiger partial charge on any atom is -0.378 e. The van der Waals surface area contributed by atoms with Crippen molar-refractivity contribution in [2.24, 2.45) is 0 Å². The number of carbonyl (C=O) groups is 1. The highest BCUT2D eigenvalue weighted by Crippen LogP contribution is 2.29. The lowest BCUT2D eigenvalue weighted by atomic mass is 10.2. The molecule has 0 unspecified atom stereocenters. The van der Waals surface area contributed by atoms with Crippen molar-refractivity contribution in [2.45, 2.75) is 17.6 Å². The van der Waals surface area contributed by atoms with Gasteiger partial charge in [-0.25, -0.2) is 4.98 Å². The molecule has 7 nitrogen and oxygen atoms in total. The number of rotatable bonds is 7. The van der Waals surface area contributed by atoms with Crippen molar-refractivity contribution in [3.05, 3.63) is 65.9 Å². The van der Waals surface area contributed by atoms with Gasteiger partial charge in [-0.3, -0.25) is 4.79 Å². The molecule has 10 heteroatoms. The molecule has 0 aliphatic carbocycles. The number of hydrogen-bond donors (Lipinski definition) is 2. The third-order valence-electron chi connectivity index (χ3n) is 4.90. The van der Waals surface area contributed by atoms with Crippen LogP contribution in [0.25, 0.3) is 0 Å². The number of nitrogens with one attached hydrogen (secondary N) is 2. The van der Waals surface area contributed by atoms with Gasteiger partial charge < -0.3 is 20.3 Å². The van der Waals surface area contributed by atoms with Crippen molar-refractivity contribution in [1.82, 2.24) is 9.97 Å². The van der Waals surface area contributed by atoms with Crippen molar-refractivity contribution >= 4 is 40.8 Å². The van der Waals surface area contributed by atoms with Gasteiger partial charge >= 0.3 is 0 Å². The van der Waals surface area contributed by atoms with Gasteiger partial charge in [0.05, 0.1) is 18.8 Å². The van der Waals surface area contributed by atoms with Gasteiger partial charge in [-0.1, -0.05) is 23.9 Å². The molecule has 1 saturated heterocycles. The molecule has 0 radical (unpaired) electrons. The van der Waals surface area contributed by atoms with E-state index in [9.17, 15) is 13.6 Å². The third-order valence-corrected chi connectivity index (χ3v) is 5.69. The normalized spacial score (nSPS) is 13.8. The fourth-order valence-corrected chi connectivity index (χ4v) is 3.99. The Labute approximate surface area is 194 Å². The van der Waals surface area contributed by atoms with Crippen LogP contribution < -0.4 is 15.5 Å². The lowest BCUT2D eigenvalue weighted by molar-refractivity contribution is 0.102. The molecule has 0 atom stereocenters. The Bertz CT molecular complexity index is 1110. The highest BCUT2D eigenvalue weighted by molar-refractivity contribution is 7.99. The zero-order valence-corrected chi connectivity index (χ0v) is 18.7. The molecule has 0 saturated carbocycles. The molecule has 2 aromatic carbocycles. The maximum absolute atomic E-state index is 12.8. The molecule has 0 bridgehead atoms. The number of amides is 1. The Morgan fingerprint density at radius 2 is 1.76 bits per heavy atom. The summed E-state index contributed by atoms with van der Waals surface area (Å²) < 4.78 is 30.9. The van der Waals surface area contributed by atoms with Crippen molar-refractivity contribution in [3.63, 3.8) is 0 Å². The van der Waals surface area contributed by atoms with Crippen LogP contribution in [0.5, 0.6) is 0 Å². The first-order chi connectivity index (χ1) is 16.0. The molecule has 3 aromatic rings. The summed E-state index contributed by atoms with van der Waals surface area (Å²) in [7, 11) is 0. The SMILES string of the molecule is Cc1cc(Nc2ccc(NC(=O)c3ccccc3SC(F)F)cc2)nc(N2CCOCC2)n1. The smallest absolute Gasteiger partial charge is 0.288 e. The fourth-order valence-electron chi connectivity index (χ4n) is 3.36. The second kappa shape index (κ2) is 10.6. The van der Waals surface area contributed by atoms with Crippen LogP contribution in [0.1, 0.15) is 16.1 Å². The van der Waals surface area contributed by atoms with E-state index in [-0.39, 0.29) is 10.5 Å². The summed E-state index contributed by atoms with van der Waals surface area (Å²) in [5.74, 6) is -1.72. The number of anilines is 4. The fraction of sp³-hybridized carbons (Fsp3) is 0.261. The van der Waals surface area contributed by atoms with Gasteiger partial charge in [-0.05, 0) is 43.3 Å². The minimum absolute atomic E-state index is 0.206. The number of carbonyl (C=O) groups excluding carboxylic acids is 1. The topological polar surface area (TPSA) is 79.4 Å². The van der Waals surface area contributed by atoms with Gasteiger partial charge in [0.15, 0.2) is 0 Å². The summed E-state index contributed by atoms with van der Waals surface area (Å²) in [6, 6.07) is 15.3. The van der Waals surface area contributed by atoms with E-state index in [2.05, 4.69) is 25.5 Å². The number of alkyl halides is 2. The second-order valence-corrected chi connectivity index (χ2v) is 8.36. The van der Waals surface area contributed by atoms with Crippen molar-refractivity contribution in [3.8, 4) is 0 Å². The third kappa shape index (κ3) is 6.17. The first-order valence-electron chi connectivity index (χ1n) is 10.4. The molecule has 0 spiro atoms. The molecule has 2 N–H and O–H groups in total. The van der Waals surface area contributed by atoms with Crippen LogP contribution in [0.15, 0.2) is 59.5 Å². The zero-order valence-electron chi connectivity index (χ0n) is 17.9. The van der Waals surface area contributed by atoms with Crippen molar-refractivity contribution in [1.29, 1.82) is 0 Å². The average Bonchev–Trinajstić information content (AvgIpc) is 2.80. The summed E-state index contributed by atoms with van der Waals surface area (Å²) in [5, 5.41) is 6.01. The summed E-state index contributed by atoms with van der Waals surface area (Å²) in [5.41, 5.74) is 2.39. The van der Waals surface area contributed by atoms with Crippen LogP contribution in [-0.4, -0.2) is 47.9 Å². The second-order valence-electron chi connectivity index (χ2n) is 7.33. The lowest BCUT2D eigenvalue weighted by Crippen LogP contribution is -2.37. The van der Waals surface area contributed by atoms with Crippen LogP contribution in [0.2, 0.25) is 0 Å². The number of benzene rings is 2. The Kier molecular flexibility index (Phi) is 7.36. The van der Waals surface area contributed by atoms with E-state index >= 15 is 0 Å². The maximum atomic E-state index is 12.8. The van der Waals surface area contributed by atoms with Crippen LogP contribution in [0.3, 0.4) is 0 Å². The van der Waals surface area contributed by atoms with Gasteiger partial charge in [-0.15, -0.1) is 0 Å². The predicted octanol–water partition coefficient (Wildman–Crippen LogP) is 4.93. The Hall–Kier alpha value is -3.24. The molecular weight excluding hydrogens is 448 g/mol. The van der Waals surface area contributed by atoms with Crippen LogP contribution >= 0.6 is 11.8 Å². The van der Waals surface area contributed by atoms with Crippen LogP contribution in [0.4, 0.5) is 31.9 Å². The van der Waals surface area contributed by atoms with Crippen LogP contribution in [0, 0.1) is 6.92 Å². The Balaban J connectivity index is 1.43. The standard InChI is InChI=1S/C23H23F2N5O2S/c1-15-14-20(29-23(26-15)30-10-12-32-13-11-30)27-16-6-8-17(9-7-16)28-21(31)18-4-2-3-5-19(18)33-22(24)25/h2-9,14,22H,10-13H2,1H3,(H,28,31)(H,26,27,29). The molecule has 1 fully saturated rings. The molecule has 1 aliphatic rings. The molecule has 1 amide bonds. The predicted molar refractivity (Wildman–Crippen MR) is 126 cm³/mol. The van der Waals surface area contributed by atoms with E-state index in [0.717, 1.165) is 24.5 Å². The van der Waals surface area contributed by atoms with E-state index in [0.29, 0.717) is 42.4 Å². The quantitative estimate of drug-likeness (QED) is 0.473. The summed E-state index contributed by atoms with van der Waals surface area (Å²) >= 11 is 0.353. The van der Waals surface area contributed by atoms with Gasteiger partial charge in [-0.2, -0.15) is 13.8 Å². The first-order valence-corrected chi connectivity index (χ1v) is 11.3. The lowest BCUT2D eigenvalue weighted by Gasteiger charge is -2.27. The molecule has 4 rings (SSSR count). The molecule has 33 heavy (non-hydrogen) atoms. The average molecular weight is 472 g/mol. The minimum atomic E-state index is -2.60. The van der Waals surface area contributed by atoms with Crippen molar-refractivity contribution < 1.29 is 18.3 Å². The molecule has 2 heterocycles. The van der Waals surface area contributed by atoms with Gasteiger partial charge in [0.2, 0.25) is 5.95 Å². The van der Waals surface area contributed by atoms with Crippen LogP contribution in [-0.2, 0) is 4.74 Å². The van der Waals surface area contributed by atoms with Gasteiger partial charge in [0.1, 0.15) is 5.82 Å². The van der Waals surface area contributed by atoms with Gasteiger partial charge in [0, 0.05) is 41.1 Å². The maximum Gasteiger partial charge on any atom is 0.288 e. The molecule has 1 aromatic heterocycles. The number of nitrogens with zero attached hydrogens (tertiary/aromatic N) is 3. The highest BCUT2D eigenvalue weighted by Gasteiger charge is 2.16. The summed E-state index contributed by atoms with van der Waals surface area (Å²) in [4.78, 5) is 24.1. The van der Waals surface area contributed by atoms with E-state index < -0.39 is 11.7 Å². The molecular formula is C23H23F2N5O2S. The first kappa shape index (κ1) is 22.9. The number of aryl methyl sites for hydroxylation is 1. The molecule has 1 aliphatic heterocycles. The number of ether oxygens (including phenoxy) is 1. The largest absolute Gasteiger partial charge is 0.378 e.